The molecule has 7 heteroatoms. The van der Waals surface area contributed by atoms with Crippen molar-refractivity contribution in [2.24, 2.45) is 7.05 Å². The molecular weight excluding hydrogens is 404 g/mol. The van der Waals surface area contributed by atoms with Crippen molar-refractivity contribution in [3.05, 3.63) is 99.2 Å². The predicted molar refractivity (Wildman–Crippen MR) is 117 cm³/mol. The average Bonchev–Trinajstić information content (AvgIpc) is 3.00. The van der Waals surface area contributed by atoms with Gasteiger partial charge in [0, 0.05) is 7.05 Å². The molecule has 1 heterocycles. The Morgan fingerprint density at radius 1 is 0.931 bits per heavy atom. The lowest BCUT2D eigenvalue weighted by Crippen LogP contribution is -2.29. The molecule has 4 aromatic rings. The van der Waals surface area contributed by atoms with Gasteiger partial charge in [-0.05, 0) is 36.2 Å². The summed E-state index contributed by atoms with van der Waals surface area (Å²) in [6.45, 7) is 1.98. The van der Waals surface area contributed by atoms with E-state index in [4.69, 9.17) is 0 Å². The zero-order valence-electron chi connectivity index (χ0n) is 16.0. The first kappa shape index (κ1) is 19.6. The van der Waals surface area contributed by atoms with Crippen LogP contribution >= 0.6 is 11.3 Å². The second-order valence-corrected chi connectivity index (χ2v) is 9.64. The summed E-state index contributed by atoms with van der Waals surface area (Å²) in [5, 5.41) is 0. The maximum Gasteiger partial charge on any atom is 0.307 e. The van der Waals surface area contributed by atoms with E-state index in [1.165, 1.54) is 10.6 Å². The highest BCUT2D eigenvalue weighted by Gasteiger charge is 2.23. The Morgan fingerprint density at radius 2 is 1.66 bits per heavy atom. The third kappa shape index (κ3) is 3.89. The summed E-state index contributed by atoms with van der Waals surface area (Å²) in [5.41, 5.74) is 3.49. The van der Waals surface area contributed by atoms with Crippen molar-refractivity contribution in [3.8, 4) is 0 Å². The number of aryl methyl sites for hydroxylation is 2. The predicted octanol–water partition coefficient (Wildman–Crippen LogP) is 3.98. The summed E-state index contributed by atoms with van der Waals surface area (Å²) < 4.78 is 31.4. The molecule has 0 bridgehead atoms. The largest absolute Gasteiger partial charge is 0.307 e. The van der Waals surface area contributed by atoms with Gasteiger partial charge in [0.05, 0.1) is 21.2 Å². The minimum atomic E-state index is -3.82. The van der Waals surface area contributed by atoms with E-state index < -0.39 is 16.1 Å². The second-order valence-electron chi connectivity index (χ2n) is 6.94. The van der Waals surface area contributed by atoms with Gasteiger partial charge in [0.1, 0.15) is 0 Å². The van der Waals surface area contributed by atoms with E-state index >= 15 is 0 Å². The van der Waals surface area contributed by atoms with E-state index in [0.29, 0.717) is 4.70 Å². The number of hydrogen-bond donors (Lipinski definition) is 1. The molecule has 4 rings (SSSR count). The van der Waals surface area contributed by atoms with Gasteiger partial charge >= 0.3 is 4.87 Å². The van der Waals surface area contributed by atoms with Gasteiger partial charge in [-0.1, -0.05) is 71.5 Å². The fraction of sp³-hybridized carbons (Fsp3) is 0.136. The van der Waals surface area contributed by atoms with Gasteiger partial charge in [-0.3, -0.25) is 4.79 Å². The lowest BCUT2D eigenvalue weighted by Gasteiger charge is -2.20. The third-order valence-electron chi connectivity index (χ3n) is 4.86. The van der Waals surface area contributed by atoms with Crippen LogP contribution in [0.15, 0.2) is 82.5 Å². The molecule has 3 aromatic carbocycles. The molecule has 1 aromatic heterocycles. The molecule has 148 valence electrons. The van der Waals surface area contributed by atoms with Crippen LogP contribution in [0.5, 0.6) is 0 Å². The van der Waals surface area contributed by atoms with Crippen LogP contribution in [-0.4, -0.2) is 13.0 Å². The van der Waals surface area contributed by atoms with Crippen LogP contribution in [0.1, 0.15) is 22.7 Å². The number of nitrogens with one attached hydrogen (secondary N) is 1. The normalized spacial score (nSPS) is 12.9. The molecule has 0 saturated carbocycles. The Bertz CT molecular complexity index is 1340. The monoisotopic (exact) mass is 424 g/mol. The summed E-state index contributed by atoms with van der Waals surface area (Å²) in [6, 6.07) is 21.5. The number of thiazole rings is 1. The summed E-state index contributed by atoms with van der Waals surface area (Å²) in [7, 11) is -2.14. The Hall–Kier alpha value is -2.74. The van der Waals surface area contributed by atoms with Crippen LogP contribution in [0.25, 0.3) is 10.2 Å². The minimum absolute atomic E-state index is 0.121. The van der Waals surface area contributed by atoms with Crippen LogP contribution in [0, 0.1) is 6.92 Å². The summed E-state index contributed by atoms with van der Waals surface area (Å²) in [5.74, 6) is 0. The standard InChI is InChI=1S/C22H20N2O3S2/c1-15-7-6-10-17(13-15)21(16-8-4-3-5-9-16)23-29(26,27)18-11-12-19-20(14-18)28-22(25)24(19)2/h3-14,21,23H,1-2H3/t21-/m1/s1. The molecule has 0 spiro atoms. The Morgan fingerprint density at radius 3 is 2.38 bits per heavy atom. The van der Waals surface area contributed by atoms with Crippen molar-refractivity contribution in [2.75, 3.05) is 0 Å². The Kier molecular flexibility index (Phi) is 5.12. The molecule has 0 unspecified atom stereocenters. The van der Waals surface area contributed by atoms with Crippen molar-refractivity contribution >= 4 is 31.6 Å². The topological polar surface area (TPSA) is 68.2 Å². The summed E-state index contributed by atoms with van der Waals surface area (Å²) in [6.07, 6.45) is 0. The average molecular weight is 425 g/mol. The number of benzene rings is 3. The molecule has 0 amide bonds. The molecule has 5 nitrogen and oxygen atoms in total. The molecule has 29 heavy (non-hydrogen) atoms. The van der Waals surface area contributed by atoms with Gasteiger partial charge in [0.15, 0.2) is 0 Å². The number of hydrogen-bond acceptors (Lipinski definition) is 4. The molecular formula is C22H20N2O3S2. The smallest absolute Gasteiger partial charge is 0.302 e. The highest BCUT2D eigenvalue weighted by Crippen LogP contribution is 2.27. The Labute approximate surface area is 173 Å². The van der Waals surface area contributed by atoms with Crippen LogP contribution < -0.4 is 9.60 Å². The maximum atomic E-state index is 13.2. The summed E-state index contributed by atoms with van der Waals surface area (Å²) in [4.78, 5) is 11.9. The van der Waals surface area contributed by atoms with Gasteiger partial charge in [0.2, 0.25) is 10.0 Å². The molecule has 0 aliphatic heterocycles. The minimum Gasteiger partial charge on any atom is -0.302 e. The maximum absolute atomic E-state index is 13.2. The Balaban J connectivity index is 1.77. The van der Waals surface area contributed by atoms with Crippen molar-refractivity contribution < 1.29 is 8.42 Å². The molecule has 0 radical (unpaired) electrons. The highest BCUT2D eigenvalue weighted by atomic mass is 32.2. The van der Waals surface area contributed by atoms with E-state index in [1.54, 1.807) is 19.2 Å². The van der Waals surface area contributed by atoms with Crippen molar-refractivity contribution in [1.29, 1.82) is 0 Å². The van der Waals surface area contributed by atoms with Gasteiger partial charge in [-0.2, -0.15) is 4.72 Å². The van der Waals surface area contributed by atoms with Gasteiger partial charge in [-0.25, -0.2) is 8.42 Å². The fourth-order valence-electron chi connectivity index (χ4n) is 3.33. The molecule has 0 aliphatic carbocycles. The zero-order chi connectivity index (χ0) is 20.6. The van der Waals surface area contributed by atoms with E-state index in [0.717, 1.165) is 33.5 Å². The molecule has 1 N–H and O–H groups in total. The van der Waals surface area contributed by atoms with E-state index in [2.05, 4.69) is 4.72 Å². The summed E-state index contributed by atoms with van der Waals surface area (Å²) >= 11 is 1.04. The first-order valence-electron chi connectivity index (χ1n) is 9.08. The number of aromatic nitrogens is 1. The number of nitrogens with zero attached hydrogens (tertiary/aromatic N) is 1. The van der Waals surface area contributed by atoms with E-state index in [9.17, 15) is 13.2 Å². The molecule has 0 fully saturated rings. The van der Waals surface area contributed by atoms with Crippen molar-refractivity contribution in [2.45, 2.75) is 17.9 Å². The first-order chi connectivity index (χ1) is 13.8. The number of sulfonamides is 1. The molecule has 0 saturated heterocycles. The highest BCUT2D eigenvalue weighted by molar-refractivity contribution is 7.89. The molecule has 0 aliphatic rings. The van der Waals surface area contributed by atoms with Crippen LogP contribution in [0.3, 0.4) is 0 Å². The number of rotatable bonds is 5. The lowest BCUT2D eigenvalue weighted by atomic mass is 9.98. The first-order valence-corrected chi connectivity index (χ1v) is 11.4. The lowest BCUT2D eigenvalue weighted by molar-refractivity contribution is 0.572. The second kappa shape index (κ2) is 7.59. The van der Waals surface area contributed by atoms with E-state index in [1.807, 2.05) is 61.5 Å². The quantitative estimate of drug-likeness (QED) is 0.527. The zero-order valence-corrected chi connectivity index (χ0v) is 17.6. The van der Waals surface area contributed by atoms with Crippen molar-refractivity contribution in [1.82, 2.24) is 9.29 Å². The van der Waals surface area contributed by atoms with E-state index in [-0.39, 0.29) is 9.77 Å². The van der Waals surface area contributed by atoms with Gasteiger partial charge < -0.3 is 4.57 Å². The van der Waals surface area contributed by atoms with Crippen molar-refractivity contribution in [3.63, 3.8) is 0 Å². The fourth-order valence-corrected chi connectivity index (χ4v) is 5.56. The van der Waals surface area contributed by atoms with Crippen LogP contribution in [0.4, 0.5) is 0 Å². The van der Waals surface area contributed by atoms with Gasteiger partial charge in [-0.15, -0.1) is 0 Å². The van der Waals surface area contributed by atoms with Crippen LogP contribution in [0.2, 0.25) is 0 Å². The molecule has 1 atom stereocenters. The van der Waals surface area contributed by atoms with Crippen LogP contribution in [-0.2, 0) is 17.1 Å². The number of fused-ring (bicyclic) bond motifs is 1. The third-order valence-corrected chi connectivity index (χ3v) is 7.27. The SMILES string of the molecule is Cc1cccc([C@H](NS(=O)(=O)c2ccc3c(c2)sc(=O)n3C)c2ccccc2)c1. The van der Waals surface area contributed by atoms with Gasteiger partial charge in [0.25, 0.3) is 0 Å².